The summed E-state index contributed by atoms with van der Waals surface area (Å²) in [5, 5.41) is 9.50. The largest absolute Gasteiger partial charge is 0.394 e. The minimum Gasteiger partial charge on any atom is -0.394 e. The van der Waals surface area contributed by atoms with E-state index in [-0.39, 0.29) is 12.1 Å². The molecule has 16 heavy (non-hydrogen) atoms. The van der Waals surface area contributed by atoms with E-state index >= 15 is 0 Å². The van der Waals surface area contributed by atoms with Crippen LogP contribution in [-0.4, -0.2) is 41.8 Å². The molecular formula is C13H26N2O. The zero-order chi connectivity index (χ0) is 11.6. The van der Waals surface area contributed by atoms with Gasteiger partial charge in [0.15, 0.2) is 0 Å². The van der Waals surface area contributed by atoms with Crippen molar-refractivity contribution >= 4 is 0 Å². The molecule has 2 unspecified atom stereocenters. The van der Waals surface area contributed by atoms with Crippen LogP contribution >= 0.6 is 0 Å². The van der Waals surface area contributed by atoms with Crippen molar-refractivity contribution in [3.8, 4) is 0 Å². The maximum atomic E-state index is 9.50. The Kier molecular flexibility index (Phi) is 3.88. The van der Waals surface area contributed by atoms with Crippen LogP contribution in [0.5, 0.6) is 0 Å². The van der Waals surface area contributed by atoms with Gasteiger partial charge in [0, 0.05) is 13.1 Å². The number of piperidine rings is 1. The number of likely N-dealkylation sites (tertiary alicyclic amines) is 1. The van der Waals surface area contributed by atoms with Crippen molar-refractivity contribution in [2.24, 2.45) is 17.6 Å². The molecule has 3 nitrogen and oxygen atoms in total. The van der Waals surface area contributed by atoms with E-state index in [2.05, 4.69) is 11.8 Å². The second-order valence-electron chi connectivity index (χ2n) is 5.82. The van der Waals surface area contributed by atoms with Crippen molar-refractivity contribution < 1.29 is 5.11 Å². The number of hydrogen-bond donors (Lipinski definition) is 2. The quantitative estimate of drug-likeness (QED) is 0.741. The van der Waals surface area contributed by atoms with Crippen LogP contribution in [0, 0.1) is 11.8 Å². The second kappa shape index (κ2) is 5.03. The van der Waals surface area contributed by atoms with E-state index in [1.54, 1.807) is 0 Å². The van der Waals surface area contributed by atoms with E-state index in [1.165, 1.54) is 45.2 Å². The number of nitrogens with zero attached hydrogens (tertiary/aromatic N) is 1. The summed E-state index contributed by atoms with van der Waals surface area (Å²) >= 11 is 0. The Morgan fingerprint density at radius 3 is 2.69 bits per heavy atom. The molecule has 0 aromatic heterocycles. The minimum atomic E-state index is -0.324. The lowest BCUT2D eigenvalue weighted by Gasteiger charge is -2.38. The van der Waals surface area contributed by atoms with E-state index in [4.69, 9.17) is 5.73 Å². The summed E-state index contributed by atoms with van der Waals surface area (Å²) in [6, 6.07) is 0. The highest BCUT2D eigenvalue weighted by atomic mass is 16.3. The number of aliphatic hydroxyl groups excluding tert-OH is 1. The van der Waals surface area contributed by atoms with Crippen LogP contribution in [0.25, 0.3) is 0 Å². The van der Waals surface area contributed by atoms with Crippen LogP contribution < -0.4 is 5.73 Å². The van der Waals surface area contributed by atoms with E-state index in [1.807, 2.05) is 0 Å². The fourth-order valence-corrected chi connectivity index (χ4v) is 3.01. The number of hydrogen-bond acceptors (Lipinski definition) is 3. The molecule has 0 bridgehead atoms. The van der Waals surface area contributed by atoms with Crippen LogP contribution in [0.4, 0.5) is 0 Å². The van der Waals surface area contributed by atoms with Crippen LogP contribution in [0.3, 0.4) is 0 Å². The lowest BCUT2D eigenvalue weighted by molar-refractivity contribution is 0.0909. The van der Waals surface area contributed by atoms with Gasteiger partial charge in [0.25, 0.3) is 0 Å². The molecule has 0 amide bonds. The number of aliphatic hydroxyl groups is 1. The second-order valence-corrected chi connectivity index (χ2v) is 5.82. The summed E-state index contributed by atoms with van der Waals surface area (Å²) in [4.78, 5) is 2.48. The fraction of sp³-hybridized carbons (Fsp3) is 1.00. The van der Waals surface area contributed by atoms with Crippen molar-refractivity contribution in [1.29, 1.82) is 0 Å². The Labute approximate surface area is 99.0 Å². The van der Waals surface area contributed by atoms with Crippen molar-refractivity contribution in [2.45, 2.75) is 44.6 Å². The summed E-state index contributed by atoms with van der Waals surface area (Å²) in [6.07, 6.45) is 6.36. The van der Waals surface area contributed by atoms with Gasteiger partial charge in [-0.1, -0.05) is 13.3 Å². The third kappa shape index (κ3) is 2.76. The van der Waals surface area contributed by atoms with Crippen LogP contribution in [0.15, 0.2) is 0 Å². The highest BCUT2D eigenvalue weighted by molar-refractivity contribution is 5.00. The molecule has 0 aromatic carbocycles. The predicted octanol–water partition coefficient (Wildman–Crippen LogP) is 1.21. The van der Waals surface area contributed by atoms with E-state index < -0.39 is 0 Å². The molecule has 3 heteroatoms. The Balaban J connectivity index is 1.87. The zero-order valence-corrected chi connectivity index (χ0v) is 10.5. The molecule has 0 radical (unpaired) electrons. The van der Waals surface area contributed by atoms with Crippen LogP contribution in [0.2, 0.25) is 0 Å². The van der Waals surface area contributed by atoms with Gasteiger partial charge in [-0.05, 0) is 44.1 Å². The summed E-state index contributed by atoms with van der Waals surface area (Å²) < 4.78 is 0. The molecule has 0 spiro atoms. The molecule has 94 valence electrons. The first-order chi connectivity index (χ1) is 7.68. The first kappa shape index (κ1) is 12.3. The summed E-state index contributed by atoms with van der Waals surface area (Å²) in [5.74, 6) is 1.41. The van der Waals surface area contributed by atoms with Crippen LogP contribution in [-0.2, 0) is 0 Å². The summed E-state index contributed by atoms with van der Waals surface area (Å²) in [7, 11) is 0. The average molecular weight is 226 g/mol. The van der Waals surface area contributed by atoms with Gasteiger partial charge in [-0.15, -0.1) is 0 Å². The van der Waals surface area contributed by atoms with E-state index in [9.17, 15) is 5.11 Å². The lowest BCUT2D eigenvalue weighted by Crippen LogP contribution is -2.56. The maximum Gasteiger partial charge on any atom is 0.0626 e. The summed E-state index contributed by atoms with van der Waals surface area (Å²) in [5.41, 5.74) is 6.00. The molecule has 2 atom stereocenters. The predicted molar refractivity (Wildman–Crippen MR) is 66.2 cm³/mol. The monoisotopic (exact) mass is 226 g/mol. The molecule has 0 aromatic rings. The highest BCUT2D eigenvalue weighted by Gasteiger charge is 2.43. The molecule has 1 aliphatic carbocycles. The van der Waals surface area contributed by atoms with Gasteiger partial charge in [0.1, 0.15) is 0 Å². The Morgan fingerprint density at radius 1 is 1.38 bits per heavy atom. The third-order valence-corrected chi connectivity index (χ3v) is 4.38. The van der Waals surface area contributed by atoms with Crippen molar-refractivity contribution in [1.82, 2.24) is 4.90 Å². The standard InChI is InChI=1S/C13H26N2O/c1-2-11-4-3-7-15(8-11)9-13(14,10-16)12-5-6-12/h11-12,16H,2-10,14H2,1H3. The van der Waals surface area contributed by atoms with Gasteiger partial charge in [-0.25, -0.2) is 0 Å². The number of rotatable bonds is 5. The lowest BCUT2D eigenvalue weighted by atomic mass is 9.91. The minimum absolute atomic E-state index is 0.144. The van der Waals surface area contributed by atoms with E-state index in [0.29, 0.717) is 5.92 Å². The van der Waals surface area contributed by atoms with Gasteiger partial charge in [-0.2, -0.15) is 0 Å². The van der Waals surface area contributed by atoms with Crippen molar-refractivity contribution in [3.63, 3.8) is 0 Å². The number of nitrogens with two attached hydrogens (primary N) is 1. The average Bonchev–Trinajstić information content (AvgIpc) is 3.13. The molecule has 2 fully saturated rings. The summed E-state index contributed by atoms with van der Waals surface area (Å²) in [6.45, 7) is 5.66. The smallest absolute Gasteiger partial charge is 0.0626 e. The topological polar surface area (TPSA) is 49.5 Å². The van der Waals surface area contributed by atoms with Crippen LogP contribution in [0.1, 0.15) is 39.0 Å². The molecule has 3 N–H and O–H groups in total. The van der Waals surface area contributed by atoms with Crippen molar-refractivity contribution in [2.75, 3.05) is 26.2 Å². The van der Waals surface area contributed by atoms with Gasteiger partial charge in [0.2, 0.25) is 0 Å². The Bertz CT molecular complexity index is 230. The van der Waals surface area contributed by atoms with Gasteiger partial charge in [0.05, 0.1) is 12.1 Å². The molecule has 2 aliphatic rings. The molecule has 1 heterocycles. The van der Waals surface area contributed by atoms with Gasteiger partial charge < -0.3 is 15.7 Å². The highest BCUT2D eigenvalue weighted by Crippen LogP contribution is 2.39. The molecular weight excluding hydrogens is 200 g/mol. The molecule has 1 saturated carbocycles. The third-order valence-electron chi connectivity index (χ3n) is 4.38. The molecule has 2 rings (SSSR count). The van der Waals surface area contributed by atoms with E-state index in [0.717, 1.165) is 12.5 Å². The maximum absolute atomic E-state index is 9.50. The van der Waals surface area contributed by atoms with Gasteiger partial charge >= 0.3 is 0 Å². The SMILES string of the molecule is CCC1CCCN(CC(N)(CO)C2CC2)C1. The molecule has 1 aliphatic heterocycles. The normalized spacial score (nSPS) is 31.3. The van der Waals surface area contributed by atoms with Crippen molar-refractivity contribution in [3.05, 3.63) is 0 Å². The zero-order valence-electron chi connectivity index (χ0n) is 10.5. The fourth-order valence-electron chi connectivity index (χ4n) is 3.01. The first-order valence-corrected chi connectivity index (χ1v) is 6.80. The Hall–Kier alpha value is -0.120. The molecule has 1 saturated heterocycles. The Morgan fingerprint density at radius 2 is 2.12 bits per heavy atom. The first-order valence-electron chi connectivity index (χ1n) is 6.80. The van der Waals surface area contributed by atoms with Gasteiger partial charge in [-0.3, -0.25) is 0 Å².